The molecule has 6 atom stereocenters. The smallest absolute Gasteiger partial charge is 0.253 e. The molecule has 3 saturated heterocycles. The molecule has 3 aliphatic rings. The number of para-hydroxylation sites is 1. The summed E-state index contributed by atoms with van der Waals surface area (Å²) in [6, 6.07) is 4.34. The number of anilines is 1. The fourth-order valence-corrected chi connectivity index (χ4v) is 7.83. The van der Waals surface area contributed by atoms with E-state index < -0.39 is 35.1 Å². The van der Waals surface area contributed by atoms with Gasteiger partial charge in [0, 0.05) is 25.3 Å². The van der Waals surface area contributed by atoms with Gasteiger partial charge in [-0.05, 0) is 57.1 Å². The lowest BCUT2D eigenvalue weighted by molar-refractivity contribution is -0.153. The summed E-state index contributed by atoms with van der Waals surface area (Å²) in [5.41, 5.74) is 0.683. The van der Waals surface area contributed by atoms with Crippen molar-refractivity contribution in [3.8, 4) is 0 Å². The molecule has 0 aliphatic carbocycles. The fraction of sp³-hybridized carbons (Fsp3) is 0.606. The largest absolute Gasteiger partial charge is 0.394 e. The molecular weight excluding hydrogens is 518 g/mol. The van der Waals surface area contributed by atoms with Gasteiger partial charge in [-0.15, -0.1) is 13.2 Å². The quantitative estimate of drug-likeness (QED) is 0.363. The van der Waals surface area contributed by atoms with Crippen LogP contribution in [0.15, 0.2) is 43.5 Å². The predicted molar refractivity (Wildman–Crippen MR) is 160 cm³/mol. The number of hydrogen-bond donors (Lipinski definition) is 1. The van der Waals surface area contributed by atoms with Gasteiger partial charge in [0.1, 0.15) is 11.6 Å². The number of nitrogens with zero attached hydrogens (tertiary/aromatic N) is 3. The topological polar surface area (TPSA) is 90.4 Å². The van der Waals surface area contributed by atoms with Gasteiger partial charge in [0.2, 0.25) is 11.8 Å². The second-order valence-corrected chi connectivity index (χ2v) is 11.9. The number of aliphatic hydroxyl groups is 1. The Hall–Kier alpha value is -2.97. The van der Waals surface area contributed by atoms with Crippen LogP contribution in [-0.4, -0.2) is 82.2 Å². The third-order valence-electron chi connectivity index (χ3n) is 9.64. The van der Waals surface area contributed by atoms with Crippen LogP contribution in [0.5, 0.6) is 0 Å². The lowest BCUT2D eigenvalue weighted by atomic mass is 9.64. The zero-order chi connectivity index (χ0) is 30.1. The van der Waals surface area contributed by atoms with Crippen molar-refractivity contribution in [1.82, 2.24) is 9.80 Å². The van der Waals surface area contributed by atoms with Gasteiger partial charge in [-0.3, -0.25) is 14.4 Å². The van der Waals surface area contributed by atoms with E-state index in [9.17, 15) is 19.5 Å². The Bertz CT molecular complexity index is 1180. The molecule has 41 heavy (non-hydrogen) atoms. The average Bonchev–Trinajstić information content (AvgIpc) is 3.56. The number of fused-ring (bicyclic) bond motifs is 1. The van der Waals surface area contributed by atoms with Gasteiger partial charge in [0.15, 0.2) is 0 Å². The van der Waals surface area contributed by atoms with Crippen molar-refractivity contribution in [2.75, 3.05) is 31.1 Å². The summed E-state index contributed by atoms with van der Waals surface area (Å²) in [4.78, 5) is 48.8. The highest BCUT2D eigenvalue weighted by Gasteiger charge is 2.79. The van der Waals surface area contributed by atoms with Gasteiger partial charge in [-0.2, -0.15) is 0 Å². The molecule has 0 saturated carbocycles. The van der Waals surface area contributed by atoms with Gasteiger partial charge >= 0.3 is 0 Å². The number of carbonyl (C=O) groups excluding carboxylic acids is 3. The number of amides is 3. The van der Waals surface area contributed by atoms with Gasteiger partial charge < -0.3 is 24.5 Å². The summed E-state index contributed by atoms with van der Waals surface area (Å²) in [5.74, 6) is -2.15. The van der Waals surface area contributed by atoms with Gasteiger partial charge in [0.05, 0.1) is 30.1 Å². The number of carbonyl (C=O) groups is 3. The molecule has 1 aromatic rings. The molecule has 3 fully saturated rings. The summed E-state index contributed by atoms with van der Waals surface area (Å²) < 4.78 is 6.97. The minimum atomic E-state index is -1.16. The van der Waals surface area contributed by atoms with Gasteiger partial charge in [0.25, 0.3) is 5.91 Å². The van der Waals surface area contributed by atoms with Crippen LogP contribution < -0.4 is 4.90 Å². The number of benzene rings is 1. The van der Waals surface area contributed by atoms with Crippen molar-refractivity contribution in [1.29, 1.82) is 0 Å². The highest BCUT2D eigenvalue weighted by molar-refractivity contribution is 6.06. The third-order valence-corrected chi connectivity index (χ3v) is 9.64. The maximum atomic E-state index is 14.9. The summed E-state index contributed by atoms with van der Waals surface area (Å²) in [5, 5.41) is 10.4. The first-order valence-corrected chi connectivity index (χ1v) is 15.1. The minimum Gasteiger partial charge on any atom is -0.394 e. The molecule has 224 valence electrons. The molecule has 8 nitrogen and oxygen atoms in total. The predicted octanol–water partition coefficient (Wildman–Crippen LogP) is 4.17. The SMILES string of the molecule is C=CCN(CCC)C(=O)[C@@H]1[C@H]2C(=O)N([C@@H](CC)CO)C(C(=O)N(CC=C)c3c(C)cccc3C)C23CC[C@@]1(CC)O3. The normalized spacial score (nSPS) is 28.9. The molecule has 1 aromatic carbocycles. The maximum Gasteiger partial charge on any atom is 0.253 e. The second kappa shape index (κ2) is 12.1. The minimum absolute atomic E-state index is 0.115. The summed E-state index contributed by atoms with van der Waals surface area (Å²) in [6.45, 7) is 18.5. The molecular formula is C33H47N3O5. The first kappa shape index (κ1) is 31.0. The van der Waals surface area contributed by atoms with E-state index in [0.29, 0.717) is 38.8 Å². The molecule has 3 amide bonds. The third kappa shape index (κ3) is 4.73. The first-order chi connectivity index (χ1) is 19.6. The first-order valence-electron chi connectivity index (χ1n) is 15.1. The Labute approximate surface area is 245 Å². The Kier molecular flexibility index (Phi) is 9.14. The van der Waals surface area contributed by atoms with E-state index in [1.807, 2.05) is 52.8 Å². The molecule has 8 heteroatoms. The fourth-order valence-electron chi connectivity index (χ4n) is 7.83. The van der Waals surface area contributed by atoms with Crippen molar-refractivity contribution in [3.63, 3.8) is 0 Å². The number of likely N-dealkylation sites (tertiary alicyclic amines) is 1. The zero-order valence-corrected chi connectivity index (χ0v) is 25.4. The van der Waals surface area contributed by atoms with E-state index in [4.69, 9.17) is 4.74 Å². The van der Waals surface area contributed by atoms with Crippen LogP contribution >= 0.6 is 0 Å². The van der Waals surface area contributed by atoms with Crippen LogP contribution in [0.4, 0.5) is 5.69 Å². The van der Waals surface area contributed by atoms with Crippen molar-refractivity contribution >= 4 is 23.4 Å². The van der Waals surface area contributed by atoms with Crippen LogP contribution in [0.3, 0.4) is 0 Å². The van der Waals surface area contributed by atoms with Crippen LogP contribution in [0.25, 0.3) is 0 Å². The molecule has 2 unspecified atom stereocenters. The molecule has 0 aromatic heterocycles. The number of hydrogen-bond acceptors (Lipinski definition) is 5. The molecule has 2 bridgehead atoms. The van der Waals surface area contributed by atoms with Crippen molar-refractivity contribution < 1.29 is 24.2 Å². The molecule has 3 aliphatic heterocycles. The van der Waals surface area contributed by atoms with Gasteiger partial charge in [-0.1, -0.05) is 51.1 Å². The number of ether oxygens (including phenoxy) is 1. The van der Waals surface area contributed by atoms with Crippen molar-refractivity contribution in [2.45, 2.75) is 90.0 Å². The second-order valence-electron chi connectivity index (χ2n) is 11.9. The van der Waals surface area contributed by atoms with Gasteiger partial charge in [-0.25, -0.2) is 0 Å². The molecule has 3 heterocycles. The van der Waals surface area contributed by atoms with E-state index in [2.05, 4.69) is 13.2 Å². The average molecular weight is 566 g/mol. The number of aliphatic hydroxyl groups excluding tert-OH is 1. The van der Waals surface area contributed by atoms with E-state index in [-0.39, 0.29) is 30.9 Å². The van der Waals surface area contributed by atoms with Crippen LogP contribution in [0.2, 0.25) is 0 Å². The highest BCUT2D eigenvalue weighted by Crippen LogP contribution is 2.65. The Balaban J connectivity index is 1.90. The summed E-state index contributed by atoms with van der Waals surface area (Å²) >= 11 is 0. The Morgan fingerprint density at radius 2 is 1.78 bits per heavy atom. The lowest BCUT2D eigenvalue weighted by Crippen LogP contribution is -2.59. The highest BCUT2D eigenvalue weighted by atomic mass is 16.5. The maximum absolute atomic E-state index is 14.9. The van der Waals surface area contributed by atoms with Crippen LogP contribution in [0, 0.1) is 25.7 Å². The van der Waals surface area contributed by atoms with Crippen molar-refractivity contribution in [2.24, 2.45) is 11.8 Å². The standard InChI is InChI=1S/C33H47N3O5/c1-8-18-34(19-9-2)29(38)25-26-30(39)36(24(11-4)21-37)28(33(26)17-16-32(25,12-5)41-33)31(40)35(20-10-3)27-22(6)14-13-15-23(27)7/h8,10,13-15,24-26,28,37H,1,3,9,11-12,16-21H2,2,4-7H3/t24-,25-,26-,28?,32+,33?/m0/s1. The Morgan fingerprint density at radius 3 is 2.32 bits per heavy atom. The Morgan fingerprint density at radius 1 is 1.12 bits per heavy atom. The summed E-state index contributed by atoms with van der Waals surface area (Å²) in [7, 11) is 0. The van der Waals surface area contributed by atoms with Crippen LogP contribution in [-0.2, 0) is 19.1 Å². The lowest BCUT2D eigenvalue weighted by Gasteiger charge is -2.40. The number of rotatable bonds is 13. The van der Waals surface area contributed by atoms with E-state index >= 15 is 0 Å². The monoisotopic (exact) mass is 565 g/mol. The molecule has 0 radical (unpaired) electrons. The molecule has 1 N–H and O–H groups in total. The number of aryl methyl sites for hydroxylation is 2. The van der Waals surface area contributed by atoms with Crippen molar-refractivity contribution in [3.05, 3.63) is 54.6 Å². The van der Waals surface area contributed by atoms with Crippen LogP contribution in [0.1, 0.15) is 64.0 Å². The van der Waals surface area contributed by atoms with E-state index in [0.717, 1.165) is 23.2 Å². The van der Waals surface area contributed by atoms with E-state index in [1.54, 1.807) is 26.9 Å². The molecule has 1 spiro atoms. The summed E-state index contributed by atoms with van der Waals surface area (Å²) in [6.07, 6.45) is 6.30. The zero-order valence-electron chi connectivity index (χ0n) is 25.4. The molecule has 4 rings (SSSR count). The van der Waals surface area contributed by atoms with E-state index in [1.165, 1.54) is 0 Å².